The Morgan fingerprint density at radius 1 is 1.12 bits per heavy atom. The van der Waals surface area contributed by atoms with E-state index in [0.29, 0.717) is 19.4 Å². The zero-order valence-corrected chi connectivity index (χ0v) is 14.5. The summed E-state index contributed by atoms with van der Waals surface area (Å²) in [5.41, 5.74) is 3.15. The van der Waals surface area contributed by atoms with E-state index in [1.807, 2.05) is 55.5 Å². The molecule has 0 bridgehead atoms. The summed E-state index contributed by atoms with van der Waals surface area (Å²) in [5, 5.41) is 6.27. The van der Waals surface area contributed by atoms with Crippen molar-refractivity contribution in [3.05, 3.63) is 59.7 Å². The summed E-state index contributed by atoms with van der Waals surface area (Å²) in [6.45, 7) is 6.29. The summed E-state index contributed by atoms with van der Waals surface area (Å²) >= 11 is 0. The molecule has 2 N–H and O–H groups in total. The highest BCUT2D eigenvalue weighted by molar-refractivity contribution is 5.91. The highest BCUT2D eigenvalue weighted by Crippen LogP contribution is 2.16. The molecule has 0 atom stereocenters. The summed E-state index contributed by atoms with van der Waals surface area (Å²) in [6.07, 6.45) is 1.14. The molecule has 4 nitrogen and oxygen atoms in total. The van der Waals surface area contributed by atoms with Crippen molar-refractivity contribution in [2.24, 2.45) is 0 Å². The van der Waals surface area contributed by atoms with Gasteiger partial charge in [0.15, 0.2) is 0 Å². The lowest BCUT2D eigenvalue weighted by Crippen LogP contribution is -2.17. The van der Waals surface area contributed by atoms with E-state index >= 15 is 0 Å². The summed E-state index contributed by atoms with van der Waals surface area (Å²) in [5.74, 6) is 0.873. The first kappa shape index (κ1) is 18.0. The minimum Gasteiger partial charge on any atom is -0.494 e. The van der Waals surface area contributed by atoms with Crippen LogP contribution in [0.25, 0.3) is 0 Å². The molecule has 0 unspecified atom stereocenters. The summed E-state index contributed by atoms with van der Waals surface area (Å²) < 4.78 is 5.67. The van der Waals surface area contributed by atoms with Gasteiger partial charge in [0.2, 0.25) is 5.91 Å². The fourth-order valence-electron chi connectivity index (χ4n) is 2.40. The van der Waals surface area contributed by atoms with Gasteiger partial charge in [-0.1, -0.05) is 37.3 Å². The smallest absolute Gasteiger partial charge is 0.224 e. The van der Waals surface area contributed by atoms with Gasteiger partial charge in [-0.2, -0.15) is 0 Å². The molecule has 0 heterocycles. The predicted molar refractivity (Wildman–Crippen MR) is 98.4 cm³/mol. The molecule has 0 aliphatic carbocycles. The van der Waals surface area contributed by atoms with Gasteiger partial charge in [0.25, 0.3) is 0 Å². The average Bonchev–Trinajstić information content (AvgIpc) is 2.58. The van der Waals surface area contributed by atoms with Gasteiger partial charge >= 0.3 is 0 Å². The molecule has 0 radical (unpaired) electrons. The van der Waals surface area contributed by atoms with Crippen molar-refractivity contribution in [1.29, 1.82) is 0 Å². The maximum atomic E-state index is 12.1. The van der Waals surface area contributed by atoms with Crippen molar-refractivity contribution >= 4 is 11.6 Å². The zero-order chi connectivity index (χ0) is 17.2. The number of nitrogens with one attached hydrogen (secondary N) is 2. The van der Waals surface area contributed by atoms with Gasteiger partial charge in [-0.05, 0) is 49.2 Å². The van der Waals surface area contributed by atoms with Crippen molar-refractivity contribution in [3.8, 4) is 5.75 Å². The summed E-state index contributed by atoms with van der Waals surface area (Å²) in [7, 11) is 0. The van der Waals surface area contributed by atoms with Crippen LogP contribution in [-0.4, -0.2) is 19.1 Å². The molecule has 4 heteroatoms. The first-order valence-electron chi connectivity index (χ1n) is 8.47. The van der Waals surface area contributed by atoms with Crippen LogP contribution in [0.5, 0.6) is 5.75 Å². The lowest BCUT2D eigenvalue weighted by molar-refractivity contribution is -0.116. The van der Waals surface area contributed by atoms with Crippen LogP contribution >= 0.6 is 0 Å². The lowest BCUT2D eigenvalue weighted by Gasteiger charge is -2.11. The molecule has 0 fully saturated rings. The third kappa shape index (κ3) is 6.05. The first-order valence-corrected chi connectivity index (χ1v) is 8.47. The Labute approximate surface area is 144 Å². The number of anilines is 1. The minimum atomic E-state index is 0.0202. The zero-order valence-electron chi connectivity index (χ0n) is 14.5. The molecule has 1 amide bonds. The minimum absolute atomic E-state index is 0.0202. The number of carbonyl (C=O) groups is 1. The summed E-state index contributed by atoms with van der Waals surface area (Å²) in [4.78, 5) is 12.1. The Morgan fingerprint density at radius 3 is 2.75 bits per heavy atom. The van der Waals surface area contributed by atoms with Crippen LogP contribution in [0.4, 0.5) is 5.69 Å². The number of benzene rings is 2. The van der Waals surface area contributed by atoms with Gasteiger partial charge in [0, 0.05) is 18.7 Å². The fourth-order valence-corrected chi connectivity index (χ4v) is 2.40. The Morgan fingerprint density at radius 2 is 1.96 bits per heavy atom. The number of carbonyl (C=O) groups excluding carboxylic acids is 1. The van der Waals surface area contributed by atoms with E-state index in [9.17, 15) is 4.79 Å². The Kier molecular flexibility index (Phi) is 7.30. The van der Waals surface area contributed by atoms with Crippen LogP contribution in [0.2, 0.25) is 0 Å². The molecule has 2 aromatic carbocycles. The number of para-hydroxylation sites is 1. The Balaban J connectivity index is 1.75. The highest BCUT2D eigenvalue weighted by Gasteiger charge is 2.06. The number of hydrogen-bond acceptors (Lipinski definition) is 3. The number of ether oxygens (including phenoxy) is 1. The number of hydrogen-bond donors (Lipinski definition) is 2. The second-order valence-corrected chi connectivity index (χ2v) is 5.75. The number of aryl methyl sites for hydroxylation is 1. The highest BCUT2D eigenvalue weighted by atomic mass is 16.5. The van der Waals surface area contributed by atoms with Crippen molar-refractivity contribution < 1.29 is 9.53 Å². The normalized spacial score (nSPS) is 10.4. The molecular formula is C20H26N2O2. The molecule has 0 aliphatic heterocycles. The third-order valence-electron chi connectivity index (χ3n) is 3.66. The van der Waals surface area contributed by atoms with Crippen LogP contribution in [0.1, 0.15) is 30.9 Å². The largest absolute Gasteiger partial charge is 0.494 e. The second kappa shape index (κ2) is 9.73. The van der Waals surface area contributed by atoms with Gasteiger partial charge in [0.05, 0.1) is 6.61 Å². The number of rotatable bonds is 9. The van der Waals surface area contributed by atoms with E-state index in [4.69, 9.17) is 4.74 Å². The second-order valence-electron chi connectivity index (χ2n) is 5.75. The van der Waals surface area contributed by atoms with Crippen LogP contribution < -0.4 is 15.4 Å². The monoisotopic (exact) mass is 326 g/mol. The predicted octanol–water partition coefficient (Wildman–Crippen LogP) is 3.90. The van der Waals surface area contributed by atoms with Gasteiger partial charge < -0.3 is 15.4 Å². The van der Waals surface area contributed by atoms with Gasteiger partial charge in [-0.3, -0.25) is 4.79 Å². The quantitative estimate of drug-likeness (QED) is 0.687. The van der Waals surface area contributed by atoms with Gasteiger partial charge in [0.1, 0.15) is 5.75 Å². The molecule has 0 saturated carbocycles. The maximum Gasteiger partial charge on any atom is 0.224 e. The van der Waals surface area contributed by atoms with Crippen LogP contribution in [-0.2, 0) is 11.3 Å². The van der Waals surface area contributed by atoms with Gasteiger partial charge in [-0.15, -0.1) is 0 Å². The lowest BCUT2D eigenvalue weighted by atomic mass is 10.1. The first-order chi connectivity index (χ1) is 11.7. The average molecular weight is 326 g/mol. The molecular weight excluding hydrogens is 300 g/mol. The van der Waals surface area contributed by atoms with E-state index in [-0.39, 0.29) is 5.91 Å². The van der Waals surface area contributed by atoms with E-state index in [1.54, 1.807) is 0 Å². The van der Waals surface area contributed by atoms with E-state index in [1.165, 1.54) is 5.56 Å². The topological polar surface area (TPSA) is 50.4 Å². The molecule has 2 rings (SSSR count). The Hall–Kier alpha value is -2.33. The SMILES string of the molecule is CCNCc1ccccc1NC(=O)CCCOc1cccc(C)c1. The van der Waals surface area contributed by atoms with Crippen LogP contribution in [0.3, 0.4) is 0 Å². The number of amides is 1. The summed E-state index contributed by atoms with van der Waals surface area (Å²) in [6, 6.07) is 15.8. The van der Waals surface area contributed by atoms with Crippen LogP contribution in [0.15, 0.2) is 48.5 Å². The molecule has 2 aromatic rings. The van der Waals surface area contributed by atoms with Crippen LogP contribution in [0, 0.1) is 6.92 Å². The van der Waals surface area contributed by atoms with Crippen molar-refractivity contribution in [2.75, 3.05) is 18.5 Å². The van der Waals surface area contributed by atoms with Crippen molar-refractivity contribution in [2.45, 2.75) is 33.2 Å². The molecule has 0 saturated heterocycles. The molecule has 0 spiro atoms. The standard InChI is InChI=1S/C20H26N2O2/c1-3-21-15-17-9-4-5-11-19(17)22-20(23)12-7-13-24-18-10-6-8-16(2)14-18/h4-6,8-11,14,21H,3,7,12-13,15H2,1-2H3,(H,22,23). The third-order valence-corrected chi connectivity index (χ3v) is 3.66. The van der Waals surface area contributed by atoms with E-state index in [0.717, 1.165) is 30.1 Å². The van der Waals surface area contributed by atoms with Crippen molar-refractivity contribution in [1.82, 2.24) is 5.32 Å². The van der Waals surface area contributed by atoms with E-state index in [2.05, 4.69) is 17.6 Å². The molecule has 0 aromatic heterocycles. The maximum absolute atomic E-state index is 12.1. The van der Waals surface area contributed by atoms with Gasteiger partial charge in [-0.25, -0.2) is 0 Å². The van der Waals surface area contributed by atoms with E-state index < -0.39 is 0 Å². The molecule has 128 valence electrons. The fraction of sp³-hybridized carbons (Fsp3) is 0.350. The molecule has 0 aliphatic rings. The molecule has 24 heavy (non-hydrogen) atoms. The Bertz CT molecular complexity index is 656. The van der Waals surface area contributed by atoms with Crippen molar-refractivity contribution in [3.63, 3.8) is 0 Å².